The molecule has 372 valence electrons. The third-order valence-corrected chi connectivity index (χ3v) is 12.7. The number of imidazole rings is 1. The minimum atomic E-state index is -0.794. The molecular formula is C53H95N7O5. The normalized spacial score (nSPS) is 13.7. The van der Waals surface area contributed by atoms with Crippen LogP contribution in [0.5, 0.6) is 0 Å². The first-order chi connectivity index (χ1) is 31.4. The number of rotatable bonds is 40. The molecule has 0 radical (unpaired) electrons. The average Bonchev–Trinajstić information content (AvgIpc) is 3.61. The van der Waals surface area contributed by atoms with E-state index in [0.29, 0.717) is 50.5 Å². The molecule has 6 N–H and O–H groups in total. The number of carbonyl (C=O) groups is 1. The van der Waals surface area contributed by atoms with Crippen LogP contribution in [0.25, 0.3) is 21.9 Å². The van der Waals surface area contributed by atoms with Gasteiger partial charge in [-0.2, -0.15) is 0 Å². The Morgan fingerprint density at radius 3 is 1.86 bits per heavy atom. The van der Waals surface area contributed by atoms with E-state index in [1.165, 1.54) is 89.9 Å². The zero-order valence-electron chi connectivity index (χ0n) is 42.1. The lowest BCUT2D eigenvalue weighted by Gasteiger charge is -2.29. The van der Waals surface area contributed by atoms with Gasteiger partial charge in [0, 0.05) is 31.4 Å². The average molecular weight is 910 g/mol. The monoisotopic (exact) mass is 910 g/mol. The molecule has 0 saturated heterocycles. The van der Waals surface area contributed by atoms with Crippen LogP contribution in [0.2, 0.25) is 0 Å². The zero-order chi connectivity index (χ0) is 47.3. The Balaban J connectivity index is 1.52. The standard InChI is InChI=1S/C53H95N7O5/c1-7-10-12-14-16-18-20-23-30-44(62)40-58(36-29-37-59(39-43(4)61)41-45(63)31-24-21-19-17-15-13-11-8-2)35-28-22-25-34-49(64)65-53(5,6)42-60-48(38-55-9-3)57-50-51(60)46-32-26-27-33-47(46)56-52(50)54/h26-27,32-33,43-45,55,61-63H,7-25,28-31,34-42H2,1-6H3,(H2,54,56). The van der Waals surface area contributed by atoms with Crippen LogP contribution in [0.3, 0.4) is 0 Å². The Bertz CT molecular complexity index is 1700. The van der Waals surface area contributed by atoms with Crippen LogP contribution in [-0.4, -0.2) is 115 Å². The number of fused-ring (bicyclic) bond motifs is 3. The van der Waals surface area contributed by atoms with E-state index in [0.717, 1.165) is 99.8 Å². The van der Waals surface area contributed by atoms with E-state index in [1.807, 2.05) is 45.0 Å². The number of benzene rings is 1. The summed E-state index contributed by atoms with van der Waals surface area (Å²) in [5.41, 5.74) is 7.99. The largest absolute Gasteiger partial charge is 0.458 e. The van der Waals surface area contributed by atoms with Crippen molar-refractivity contribution in [2.45, 2.75) is 226 Å². The molecule has 0 saturated carbocycles. The highest BCUT2D eigenvalue weighted by atomic mass is 16.6. The SMILES string of the molecule is CCCCCCCCCCC(O)CN(CCCCCC(=O)OC(C)(C)Cn1c(CNCC)nc2c(N)nc3ccccc3c21)CCCN(CC(C)O)CC(O)CCCCCCCCCC. The molecule has 2 heterocycles. The van der Waals surface area contributed by atoms with Gasteiger partial charge < -0.3 is 40.6 Å². The Kier molecular flexibility index (Phi) is 28.5. The molecule has 0 fully saturated rings. The summed E-state index contributed by atoms with van der Waals surface area (Å²) in [5.74, 6) is 1.00. The zero-order valence-corrected chi connectivity index (χ0v) is 42.1. The van der Waals surface area contributed by atoms with E-state index in [2.05, 4.69) is 45.4 Å². The van der Waals surface area contributed by atoms with Gasteiger partial charge in [0.05, 0.1) is 42.4 Å². The fraction of sp³-hybridized carbons (Fsp3) is 0.792. The number of aromatic nitrogens is 3. The molecule has 12 nitrogen and oxygen atoms in total. The molecular weight excluding hydrogens is 815 g/mol. The van der Waals surface area contributed by atoms with Gasteiger partial charge in [0.25, 0.3) is 0 Å². The first-order valence-electron chi connectivity index (χ1n) is 26.3. The fourth-order valence-electron chi connectivity index (χ4n) is 9.25. The van der Waals surface area contributed by atoms with Crippen LogP contribution in [0.1, 0.15) is 195 Å². The minimum absolute atomic E-state index is 0.209. The van der Waals surface area contributed by atoms with Gasteiger partial charge in [-0.25, -0.2) is 9.97 Å². The number of nitrogens with two attached hydrogens (primary N) is 1. The van der Waals surface area contributed by atoms with E-state index in [-0.39, 0.29) is 18.2 Å². The highest BCUT2D eigenvalue weighted by molar-refractivity contribution is 6.06. The quantitative estimate of drug-likeness (QED) is 0.0273. The summed E-state index contributed by atoms with van der Waals surface area (Å²) in [4.78, 5) is 27.5. The van der Waals surface area contributed by atoms with E-state index >= 15 is 0 Å². The molecule has 3 rings (SSSR count). The summed E-state index contributed by atoms with van der Waals surface area (Å²) in [7, 11) is 0. The maximum atomic E-state index is 13.3. The van der Waals surface area contributed by atoms with Gasteiger partial charge in [0.15, 0.2) is 5.82 Å². The van der Waals surface area contributed by atoms with Gasteiger partial charge in [-0.1, -0.05) is 148 Å². The second-order valence-corrected chi connectivity index (χ2v) is 19.7. The molecule has 0 amide bonds. The lowest BCUT2D eigenvalue weighted by atomic mass is 10.1. The molecule has 2 aromatic heterocycles. The van der Waals surface area contributed by atoms with Gasteiger partial charge in [-0.15, -0.1) is 0 Å². The summed E-state index contributed by atoms with van der Waals surface area (Å²) in [6.45, 7) is 18.3. The van der Waals surface area contributed by atoms with Crippen LogP contribution in [-0.2, 0) is 22.6 Å². The van der Waals surface area contributed by atoms with Crippen molar-refractivity contribution in [3.05, 3.63) is 30.1 Å². The fourth-order valence-corrected chi connectivity index (χ4v) is 9.25. The van der Waals surface area contributed by atoms with Crippen LogP contribution in [0.15, 0.2) is 24.3 Å². The van der Waals surface area contributed by atoms with Gasteiger partial charge in [-0.3, -0.25) is 9.69 Å². The number of aliphatic hydroxyl groups excluding tert-OH is 3. The molecule has 0 aliphatic heterocycles. The number of aliphatic hydroxyl groups is 3. The lowest BCUT2D eigenvalue weighted by Crippen LogP contribution is -2.40. The number of anilines is 1. The van der Waals surface area contributed by atoms with Gasteiger partial charge in [0.1, 0.15) is 16.9 Å². The van der Waals surface area contributed by atoms with E-state index < -0.39 is 11.7 Å². The first kappa shape index (κ1) is 56.5. The predicted molar refractivity (Wildman–Crippen MR) is 271 cm³/mol. The number of nitrogen functional groups attached to an aromatic ring is 1. The number of esters is 1. The van der Waals surface area contributed by atoms with Crippen LogP contribution in [0.4, 0.5) is 5.82 Å². The topological polar surface area (TPSA) is 162 Å². The number of hydrogen-bond acceptors (Lipinski definition) is 11. The smallest absolute Gasteiger partial charge is 0.306 e. The third kappa shape index (κ3) is 23.1. The van der Waals surface area contributed by atoms with Crippen molar-refractivity contribution in [1.29, 1.82) is 0 Å². The molecule has 0 spiro atoms. The number of pyridine rings is 1. The molecule has 1 aromatic carbocycles. The summed E-state index contributed by atoms with van der Waals surface area (Å²) in [6, 6.07) is 7.93. The Labute approximate surface area is 394 Å². The van der Waals surface area contributed by atoms with E-state index in [1.54, 1.807) is 0 Å². The summed E-state index contributed by atoms with van der Waals surface area (Å²) < 4.78 is 8.29. The Morgan fingerprint density at radius 2 is 1.26 bits per heavy atom. The summed E-state index contributed by atoms with van der Waals surface area (Å²) >= 11 is 0. The molecule has 0 bridgehead atoms. The van der Waals surface area contributed by atoms with Crippen LogP contribution >= 0.6 is 0 Å². The van der Waals surface area contributed by atoms with Crippen LogP contribution < -0.4 is 11.1 Å². The number of hydrogen-bond donors (Lipinski definition) is 5. The maximum Gasteiger partial charge on any atom is 0.306 e. The van der Waals surface area contributed by atoms with E-state index in [9.17, 15) is 20.1 Å². The van der Waals surface area contributed by atoms with Gasteiger partial charge in [0.2, 0.25) is 0 Å². The molecule has 3 aromatic rings. The summed E-state index contributed by atoms with van der Waals surface area (Å²) in [5, 5.41) is 36.8. The first-order valence-corrected chi connectivity index (χ1v) is 26.3. The van der Waals surface area contributed by atoms with E-state index in [4.69, 9.17) is 15.5 Å². The summed E-state index contributed by atoms with van der Waals surface area (Å²) in [6.07, 6.45) is 24.2. The Morgan fingerprint density at radius 1 is 0.723 bits per heavy atom. The predicted octanol–water partition coefficient (Wildman–Crippen LogP) is 10.3. The number of carbonyl (C=O) groups excluding carboxylic acids is 1. The van der Waals surface area contributed by atoms with Crippen molar-refractivity contribution in [2.75, 3.05) is 51.5 Å². The molecule has 0 aliphatic carbocycles. The second-order valence-electron chi connectivity index (χ2n) is 19.7. The van der Waals surface area contributed by atoms with Crippen molar-refractivity contribution in [1.82, 2.24) is 29.7 Å². The van der Waals surface area contributed by atoms with Crippen molar-refractivity contribution >= 4 is 33.7 Å². The number of nitrogens with one attached hydrogen (secondary N) is 1. The third-order valence-electron chi connectivity index (χ3n) is 12.7. The number of ether oxygens (including phenoxy) is 1. The molecule has 65 heavy (non-hydrogen) atoms. The lowest BCUT2D eigenvalue weighted by molar-refractivity contribution is -0.157. The van der Waals surface area contributed by atoms with Crippen molar-refractivity contribution in [3.63, 3.8) is 0 Å². The highest BCUT2D eigenvalue weighted by Crippen LogP contribution is 2.31. The molecule has 3 atom stereocenters. The maximum absolute atomic E-state index is 13.3. The van der Waals surface area contributed by atoms with Gasteiger partial charge >= 0.3 is 5.97 Å². The minimum Gasteiger partial charge on any atom is -0.458 e. The number of unbranched alkanes of at least 4 members (excludes halogenated alkanes) is 16. The van der Waals surface area contributed by atoms with Crippen molar-refractivity contribution in [2.24, 2.45) is 0 Å². The van der Waals surface area contributed by atoms with Crippen LogP contribution in [0, 0.1) is 0 Å². The van der Waals surface area contributed by atoms with Gasteiger partial charge in [-0.05, 0) is 85.1 Å². The molecule has 0 aliphatic rings. The van der Waals surface area contributed by atoms with Crippen molar-refractivity contribution in [3.8, 4) is 0 Å². The molecule has 3 unspecified atom stereocenters. The number of para-hydroxylation sites is 1. The highest BCUT2D eigenvalue weighted by Gasteiger charge is 2.28. The molecule has 12 heteroatoms. The Hall–Kier alpha value is -2.87. The second kappa shape index (κ2) is 32.8. The number of nitrogens with zero attached hydrogens (tertiary/aromatic N) is 5. The van der Waals surface area contributed by atoms with Crippen molar-refractivity contribution < 1.29 is 24.9 Å².